The first-order chi connectivity index (χ1) is 19.3. The first-order valence-corrected chi connectivity index (χ1v) is 15.7. The van der Waals surface area contributed by atoms with Crippen LogP contribution in [0.15, 0.2) is 42.6 Å². The number of carbonyl (C=O) groups is 1. The fraction of sp³-hybridized carbons (Fsp3) is 0.515. The Morgan fingerprint density at radius 2 is 1.82 bits per heavy atom. The van der Waals surface area contributed by atoms with E-state index >= 15 is 0 Å². The Bertz CT molecular complexity index is 1410. The number of hydrogen-bond donors (Lipinski definition) is 1. The number of nitrogens with two attached hydrogens (primary N) is 1. The molecule has 40 heavy (non-hydrogen) atoms. The molecule has 0 saturated carbocycles. The van der Waals surface area contributed by atoms with Crippen molar-refractivity contribution in [1.29, 1.82) is 0 Å². The molecule has 3 fully saturated rings. The number of anilines is 1. The number of carbonyl (C=O) groups excluding carboxylic acids is 1. The van der Waals surface area contributed by atoms with Crippen LogP contribution in [-0.2, 0) is 17.7 Å². The number of benzene rings is 1. The van der Waals surface area contributed by atoms with Crippen molar-refractivity contribution in [1.82, 2.24) is 9.88 Å². The highest BCUT2D eigenvalue weighted by atomic mass is 32.1. The number of thiophene rings is 1. The monoisotopic (exact) mass is 556 g/mol. The molecular formula is C33H40N4O2S. The zero-order valence-electron chi connectivity index (χ0n) is 23.7. The molecular weight excluding hydrogens is 516 g/mol. The summed E-state index contributed by atoms with van der Waals surface area (Å²) in [5, 5.41) is 1.21. The molecule has 1 aromatic carbocycles. The lowest BCUT2D eigenvalue weighted by Crippen LogP contribution is -2.46. The molecule has 3 aliphatic heterocycles. The van der Waals surface area contributed by atoms with Crippen LogP contribution in [0.25, 0.3) is 22.4 Å². The largest absolute Gasteiger partial charge is 0.378 e. The van der Waals surface area contributed by atoms with Crippen LogP contribution in [0, 0.1) is 5.41 Å². The van der Waals surface area contributed by atoms with Gasteiger partial charge in [0.1, 0.15) is 0 Å². The highest BCUT2D eigenvalue weighted by Gasteiger charge is 2.39. The van der Waals surface area contributed by atoms with Gasteiger partial charge in [0.15, 0.2) is 5.78 Å². The third-order valence-electron chi connectivity index (χ3n) is 9.39. The highest BCUT2D eigenvalue weighted by Crippen LogP contribution is 2.50. The summed E-state index contributed by atoms with van der Waals surface area (Å²) in [6, 6.07) is 14.9. The van der Waals surface area contributed by atoms with E-state index in [0.717, 1.165) is 73.8 Å². The van der Waals surface area contributed by atoms with Gasteiger partial charge in [-0.1, -0.05) is 32.0 Å². The van der Waals surface area contributed by atoms with E-state index in [-0.39, 0.29) is 11.2 Å². The van der Waals surface area contributed by atoms with Gasteiger partial charge < -0.3 is 15.4 Å². The van der Waals surface area contributed by atoms with Crippen LogP contribution in [-0.4, -0.2) is 60.1 Å². The van der Waals surface area contributed by atoms with Gasteiger partial charge in [0.05, 0.1) is 28.8 Å². The third kappa shape index (κ3) is 4.91. The summed E-state index contributed by atoms with van der Waals surface area (Å²) in [5.74, 6) is 0.284. The van der Waals surface area contributed by atoms with Gasteiger partial charge in [0.25, 0.3) is 0 Å². The molecule has 2 bridgehead atoms. The van der Waals surface area contributed by atoms with Gasteiger partial charge in [0.2, 0.25) is 0 Å². The molecule has 2 N–H and O–H groups in total. The predicted octanol–water partition coefficient (Wildman–Crippen LogP) is 5.92. The van der Waals surface area contributed by atoms with Crippen LogP contribution in [0.5, 0.6) is 0 Å². The smallest absolute Gasteiger partial charge is 0.173 e. The van der Waals surface area contributed by atoms with Crippen LogP contribution in [0.2, 0.25) is 0 Å². The van der Waals surface area contributed by atoms with E-state index in [0.29, 0.717) is 24.5 Å². The number of ether oxygens (including phenoxy) is 1. The average molecular weight is 557 g/mol. The van der Waals surface area contributed by atoms with Crippen LogP contribution in [0.3, 0.4) is 0 Å². The number of piperidine rings is 1. The Morgan fingerprint density at radius 1 is 1.05 bits per heavy atom. The minimum atomic E-state index is -0.0375. The quantitative estimate of drug-likeness (QED) is 0.421. The van der Waals surface area contributed by atoms with E-state index in [1.807, 2.05) is 6.20 Å². The molecule has 2 atom stereocenters. The van der Waals surface area contributed by atoms with Gasteiger partial charge in [-0.3, -0.25) is 14.7 Å². The summed E-state index contributed by atoms with van der Waals surface area (Å²) in [5.41, 5.74) is 13.4. The maximum atomic E-state index is 13.3. The van der Waals surface area contributed by atoms with Crippen molar-refractivity contribution >= 4 is 22.1 Å². The molecule has 1 aliphatic carbocycles. The van der Waals surface area contributed by atoms with Crippen molar-refractivity contribution in [2.24, 2.45) is 11.1 Å². The van der Waals surface area contributed by atoms with Gasteiger partial charge >= 0.3 is 0 Å². The molecule has 3 aromatic rings. The average Bonchev–Trinajstić information content (AvgIpc) is 3.43. The van der Waals surface area contributed by atoms with Gasteiger partial charge in [-0.2, -0.15) is 0 Å². The van der Waals surface area contributed by atoms with Gasteiger partial charge in [-0.15, -0.1) is 11.3 Å². The van der Waals surface area contributed by atoms with Crippen molar-refractivity contribution in [2.45, 2.75) is 77.0 Å². The number of pyridine rings is 1. The zero-order chi connectivity index (χ0) is 27.4. The van der Waals surface area contributed by atoms with E-state index in [4.69, 9.17) is 15.5 Å². The van der Waals surface area contributed by atoms with Gasteiger partial charge in [0, 0.05) is 61.5 Å². The molecule has 0 amide bonds. The van der Waals surface area contributed by atoms with Crippen molar-refractivity contribution < 1.29 is 9.53 Å². The lowest BCUT2D eigenvalue weighted by molar-refractivity contribution is 0.0918. The second-order valence-corrected chi connectivity index (χ2v) is 14.0. The van der Waals surface area contributed by atoms with Crippen LogP contribution in [0.4, 0.5) is 5.00 Å². The fourth-order valence-electron chi connectivity index (χ4n) is 7.55. The van der Waals surface area contributed by atoms with Crippen molar-refractivity contribution in [3.63, 3.8) is 0 Å². The maximum Gasteiger partial charge on any atom is 0.173 e. The van der Waals surface area contributed by atoms with E-state index in [1.54, 1.807) is 11.3 Å². The summed E-state index contributed by atoms with van der Waals surface area (Å²) in [7, 11) is 0. The van der Waals surface area contributed by atoms with E-state index in [2.05, 4.69) is 60.0 Å². The van der Waals surface area contributed by atoms with E-state index in [9.17, 15) is 4.79 Å². The molecule has 4 aliphatic rings. The topological polar surface area (TPSA) is 71.7 Å². The number of Topliss-reactive ketones (excluding diaryl/α,β-unsaturated/α-hetero) is 1. The van der Waals surface area contributed by atoms with Crippen LogP contribution < -0.4 is 10.6 Å². The summed E-state index contributed by atoms with van der Waals surface area (Å²) >= 11 is 1.69. The Morgan fingerprint density at radius 3 is 2.60 bits per heavy atom. The summed E-state index contributed by atoms with van der Waals surface area (Å²) in [6.07, 6.45) is 8.26. The van der Waals surface area contributed by atoms with Crippen LogP contribution in [0.1, 0.15) is 66.8 Å². The number of hydrogen-bond acceptors (Lipinski definition) is 7. The number of ketones is 1. The van der Waals surface area contributed by atoms with Crippen molar-refractivity contribution in [2.75, 3.05) is 31.2 Å². The van der Waals surface area contributed by atoms with Crippen molar-refractivity contribution in [3.8, 4) is 22.4 Å². The van der Waals surface area contributed by atoms with Gasteiger partial charge in [-0.25, -0.2) is 0 Å². The van der Waals surface area contributed by atoms with E-state index < -0.39 is 0 Å². The zero-order valence-corrected chi connectivity index (χ0v) is 24.5. The van der Waals surface area contributed by atoms with Crippen LogP contribution >= 0.6 is 11.3 Å². The summed E-state index contributed by atoms with van der Waals surface area (Å²) in [6.45, 7) is 8.57. The fourth-order valence-corrected chi connectivity index (χ4v) is 8.88. The Balaban J connectivity index is 1.24. The standard InChI is InChI=1S/C33H40N4O2S/c1-33(2)18-27-30(32(36-10-12-39-13-11-36)40-31(27)29(38)19-33)23-8-9-35-28(15-23)22-5-3-4-21(14-22)20-37-25-6-7-26(37)17-24(34)16-25/h3-5,8-9,14-15,24-26H,6-7,10-13,16-20,34H2,1-2H3. The van der Waals surface area contributed by atoms with Crippen molar-refractivity contribution in [3.05, 3.63) is 58.6 Å². The normalized spacial score (nSPS) is 26.2. The molecule has 2 unspecified atom stereocenters. The lowest BCUT2D eigenvalue weighted by atomic mass is 9.75. The minimum absolute atomic E-state index is 0.0375. The second-order valence-electron chi connectivity index (χ2n) is 13.0. The molecule has 6 nitrogen and oxygen atoms in total. The third-order valence-corrected chi connectivity index (χ3v) is 10.7. The predicted molar refractivity (Wildman–Crippen MR) is 162 cm³/mol. The molecule has 0 radical (unpaired) electrons. The van der Waals surface area contributed by atoms with E-state index in [1.165, 1.54) is 34.5 Å². The Kier molecular flexibility index (Phi) is 6.82. The summed E-state index contributed by atoms with van der Waals surface area (Å²) < 4.78 is 5.66. The second kappa shape index (κ2) is 10.4. The Labute approximate surface area is 241 Å². The first-order valence-electron chi connectivity index (χ1n) is 14.9. The molecule has 2 aromatic heterocycles. The molecule has 7 heteroatoms. The first kappa shape index (κ1) is 26.3. The van der Waals surface area contributed by atoms with Gasteiger partial charge in [-0.05, 0) is 72.4 Å². The number of rotatable bonds is 5. The number of morpholine rings is 1. The number of aromatic nitrogens is 1. The highest BCUT2D eigenvalue weighted by molar-refractivity contribution is 7.19. The molecule has 210 valence electrons. The molecule has 0 spiro atoms. The number of nitrogens with zero attached hydrogens (tertiary/aromatic N) is 3. The SMILES string of the molecule is CC1(C)CC(=O)c2sc(N3CCOCC3)c(-c3ccnc(-c4cccc(CN5C6CCC5CC(N)C6)c4)c3)c2C1. The molecule has 5 heterocycles. The Hall–Kier alpha value is -2.58. The summed E-state index contributed by atoms with van der Waals surface area (Å²) in [4.78, 5) is 24.2. The lowest BCUT2D eigenvalue weighted by Gasteiger charge is -2.37. The number of fused-ring (bicyclic) bond motifs is 3. The maximum absolute atomic E-state index is 13.3. The minimum Gasteiger partial charge on any atom is -0.378 e. The molecule has 7 rings (SSSR count). The molecule has 3 saturated heterocycles.